The molecule has 2 amide bonds. The van der Waals surface area contributed by atoms with E-state index in [4.69, 9.17) is 9.47 Å². The lowest BCUT2D eigenvalue weighted by Gasteiger charge is -2.33. The van der Waals surface area contributed by atoms with E-state index in [0.29, 0.717) is 30.2 Å². The van der Waals surface area contributed by atoms with Gasteiger partial charge in [-0.1, -0.05) is 50.6 Å². The smallest absolute Gasteiger partial charge is 0.244 e. The van der Waals surface area contributed by atoms with Crippen molar-refractivity contribution in [2.75, 3.05) is 29.9 Å². The summed E-state index contributed by atoms with van der Waals surface area (Å²) in [5, 5.41) is 2.93. The monoisotopic (exact) mass is 531 g/mol. The number of sulfonamides is 1. The first-order valence-electron chi connectivity index (χ1n) is 12.6. The average Bonchev–Trinajstić information content (AvgIpc) is 3.33. The Balaban J connectivity index is 1.96. The van der Waals surface area contributed by atoms with Crippen molar-refractivity contribution in [3.05, 3.63) is 53.6 Å². The van der Waals surface area contributed by atoms with Crippen molar-refractivity contribution in [2.45, 2.75) is 53.6 Å². The molecule has 1 aliphatic rings. The van der Waals surface area contributed by atoms with Crippen molar-refractivity contribution >= 4 is 27.5 Å². The number of hydrogen-bond acceptors (Lipinski definition) is 6. The van der Waals surface area contributed by atoms with E-state index in [2.05, 4.69) is 5.32 Å². The van der Waals surface area contributed by atoms with Crippen molar-refractivity contribution in [1.29, 1.82) is 0 Å². The molecule has 0 spiro atoms. The number of benzene rings is 2. The summed E-state index contributed by atoms with van der Waals surface area (Å²) in [6, 6.07) is 11.7. The number of aryl methyl sites for hydroxylation is 1. The minimum Gasteiger partial charge on any atom is -0.454 e. The van der Waals surface area contributed by atoms with Gasteiger partial charge in [-0.2, -0.15) is 0 Å². The Kier molecular flexibility index (Phi) is 9.42. The third kappa shape index (κ3) is 7.15. The minimum atomic E-state index is -3.82. The molecule has 0 bridgehead atoms. The lowest BCUT2D eigenvalue weighted by atomic mass is 10.1. The molecule has 3 rings (SSSR count). The topological polar surface area (TPSA) is 105 Å². The molecule has 0 saturated heterocycles. The van der Waals surface area contributed by atoms with E-state index in [-0.39, 0.29) is 30.9 Å². The van der Waals surface area contributed by atoms with Gasteiger partial charge in [0.1, 0.15) is 12.6 Å². The molecule has 1 aliphatic heterocycles. The maximum atomic E-state index is 13.8. The van der Waals surface area contributed by atoms with Crippen LogP contribution in [0.4, 0.5) is 5.69 Å². The van der Waals surface area contributed by atoms with Crippen LogP contribution in [0.5, 0.6) is 11.5 Å². The Morgan fingerprint density at radius 3 is 2.43 bits per heavy atom. The highest BCUT2D eigenvalue weighted by Gasteiger charge is 2.33. The van der Waals surface area contributed by atoms with Gasteiger partial charge in [0.25, 0.3) is 0 Å². The van der Waals surface area contributed by atoms with Crippen LogP contribution in [0.2, 0.25) is 0 Å². The third-order valence-electron chi connectivity index (χ3n) is 6.13. The van der Waals surface area contributed by atoms with Crippen LogP contribution in [-0.2, 0) is 26.2 Å². The van der Waals surface area contributed by atoms with Gasteiger partial charge in [-0.15, -0.1) is 0 Å². The lowest BCUT2D eigenvalue weighted by Crippen LogP contribution is -2.52. The van der Waals surface area contributed by atoms with Gasteiger partial charge in [0.2, 0.25) is 28.6 Å². The normalized spacial score (nSPS) is 13.4. The molecule has 0 aromatic heterocycles. The number of fused-ring (bicyclic) bond motifs is 1. The van der Waals surface area contributed by atoms with Crippen LogP contribution >= 0.6 is 0 Å². The zero-order chi connectivity index (χ0) is 27.2. The molecule has 202 valence electrons. The summed E-state index contributed by atoms with van der Waals surface area (Å²) in [6.07, 6.45) is 0.381. The van der Waals surface area contributed by atoms with Gasteiger partial charge in [0.15, 0.2) is 11.5 Å². The van der Waals surface area contributed by atoms with Gasteiger partial charge in [-0.3, -0.25) is 13.9 Å². The maximum absolute atomic E-state index is 13.8. The zero-order valence-corrected chi connectivity index (χ0v) is 23.0. The van der Waals surface area contributed by atoms with Gasteiger partial charge in [0, 0.05) is 19.2 Å². The predicted octanol–water partition coefficient (Wildman–Crippen LogP) is 3.46. The number of hydrogen-bond donors (Lipinski definition) is 1. The van der Waals surface area contributed by atoms with Crippen molar-refractivity contribution in [3.63, 3.8) is 0 Å². The first kappa shape index (κ1) is 28.3. The fourth-order valence-electron chi connectivity index (χ4n) is 4.11. The molecular weight excluding hydrogens is 494 g/mol. The molecule has 1 heterocycles. The number of rotatable bonds is 12. The van der Waals surface area contributed by atoms with Crippen LogP contribution < -0.4 is 19.1 Å². The van der Waals surface area contributed by atoms with Crippen molar-refractivity contribution in [1.82, 2.24) is 10.2 Å². The molecule has 0 saturated carbocycles. The number of amides is 2. The Labute approximate surface area is 219 Å². The summed E-state index contributed by atoms with van der Waals surface area (Å²) in [4.78, 5) is 28.5. The Bertz CT molecular complexity index is 1210. The summed E-state index contributed by atoms with van der Waals surface area (Å²) in [5.41, 5.74) is 2.18. The van der Waals surface area contributed by atoms with Crippen molar-refractivity contribution < 1.29 is 27.5 Å². The van der Waals surface area contributed by atoms with Crippen LogP contribution in [0.15, 0.2) is 42.5 Å². The summed E-state index contributed by atoms with van der Waals surface area (Å²) in [5.74, 6) is 0.250. The van der Waals surface area contributed by atoms with Crippen LogP contribution in [0.1, 0.15) is 45.2 Å². The number of nitrogens with one attached hydrogen (secondary N) is 1. The summed E-state index contributed by atoms with van der Waals surface area (Å²) >= 11 is 0. The molecule has 2 aromatic rings. The lowest BCUT2D eigenvalue weighted by molar-refractivity contribution is -0.140. The molecule has 0 radical (unpaired) electrons. The highest BCUT2D eigenvalue weighted by Crippen LogP contribution is 2.36. The van der Waals surface area contributed by atoms with Crippen LogP contribution in [0, 0.1) is 12.8 Å². The second-order valence-corrected chi connectivity index (χ2v) is 11.7. The largest absolute Gasteiger partial charge is 0.454 e. The summed E-state index contributed by atoms with van der Waals surface area (Å²) in [6.45, 7) is 9.57. The van der Waals surface area contributed by atoms with Gasteiger partial charge in [-0.05, 0) is 43.9 Å². The van der Waals surface area contributed by atoms with Crippen molar-refractivity contribution in [2.24, 2.45) is 5.92 Å². The molecule has 2 aromatic carbocycles. The standard InChI is InChI=1S/C27H37N3O6S/c1-6-23(27(32)28-15-19(3)4)29(16-21-10-8-9-20(5)13-21)26(31)17-30(37(33,34)7-2)22-11-12-24-25(14-22)36-18-35-24/h8-14,19,23H,6-7,15-18H2,1-5H3,(H,28,32)/t23-/m1/s1. The van der Waals surface area contributed by atoms with Crippen molar-refractivity contribution in [3.8, 4) is 11.5 Å². The van der Waals surface area contributed by atoms with Crippen LogP contribution in [0.3, 0.4) is 0 Å². The molecule has 9 nitrogen and oxygen atoms in total. The number of nitrogens with zero attached hydrogens (tertiary/aromatic N) is 2. The first-order valence-corrected chi connectivity index (χ1v) is 14.2. The third-order valence-corrected chi connectivity index (χ3v) is 7.87. The predicted molar refractivity (Wildman–Crippen MR) is 143 cm³/mol. The minimum absolute atomic E-state index is 0.0478. The highest BCUT2D eigenvalue weighted by molar-refractivity contribution is 7.92. The van der Waals surface area contributed by atoms with E-state index in [1.165, 1.54) is 11.8 Å². The molecule has 0 unspecified atom stereocenters. The Morgan fingerprint density at radius 2 is 1.78 bits per heavy atom. The van der Waals surface area contributed by atoms with E-state index in [9.17, 15) is 18.0 Å². The molecule has 37 heavy (non-hydrogen) atoms. The van der Waals surface area contributed by atoms with Gasteiger partial charge in [-0.25, -0.2) is 8.42 Å². The first-order chi connectivity index (χ1) is 17.6. The second-order valence-electron chi connectivity index (χ2n) is 9.52. The zero-order valence-electron chi connectivity index (χ0n) is 22.2. The number of ether oxygens (including phenoxy) is 2. The second kappa shape index (κ2) is 12.3. The Morgan fingerprint density at radius 1 is 1.05 bits per heavy atom. The molecule has 0 aliphatic carbocycles. The van der Waals surface area contributed by atoms with E-state index in [1.54, 1.807) is 18.2 Å². The fraction of sp³-hybridized carbons (Fsp3) is 0.481. The van der Waals surface area contributed by atoms with E-state index in [1.807, 2.05) is 52.0 Å². The van der Waals surface area contributed by atoms with Gasteiger partial charge >= 0.3 is 0 Å². The molecule has 1 N–H and O–H groups in total. The van der Waals surface area contributed by atoms with E-state index >= 15 is 0 Å². The van der Waals surface area contributed by atoms with E-state index in [0.717, 1.165) is 15.4 Å². The molecular formula is C27H37N3O6S. The fourth-order valence-corrected chi connectivity index (χ4v) is 5.16. The quantitative estimate of drug-likeness (QED) is 0.450. The highest BCUT2D eigenvalue weighted by atomic mass is 32.2. The average molecular weight is 532 g/mol. The molecule has 0 fully saturated rings. The van der Waals surface area contributed by atoms with Gasteiger partial charge in [0.05, 0.1) is 11.4 Å². The number of carbonyl (C=O) groups is 2. The van der Waals surface area contributed by atoms with Crippen LogP contribution in [0.25, 0.3) is 0 Å². The van der Waals surface area contributed by atoms with Gasteiger partial charge < -0.3 is 19.7 Å². The number of carbonyl (C=O) groups excluding carboxylic acids is 2. The van der Waals surface area contributed by atoms with Crippen LogP contribution in [-0.4, -0.2) is 56.8 Å². The SMILES string of the molecule is CC[C@H](C(=O)NCC(C)C)N(Cc1cccc(C)c1)C(=O)CN(c1ccc2c(c1)OCO2)S(=O)(=O)CC. The summed E-state index contributed by atoms with van der Waals surface area (Å²) in [7, 11) is -3.82. The molecule has 1 atom stereocenters. The maximum Gasteiger partial charge on any atom is 0.244 e. The molecule has 10 heteroatoms. The Hall–Kier alpha value is -3.27. The summed E-state index contributed by atoms with van der Waals surface area (Å²) < 4.78 is 38.1. The van der Waals surface area contributed by atoms with E-state index < -0.39 is 28.5 Å². The number of anilines is 1.